The summed E-state index contributed by atoms with van der Waals surface area (Å²) in [4.78, 5) is 13.1. The summed E-state index contributed by atoms with van der Waals surface area (Å²) in [6.07, 6.45) is 0.251. The first-order valence-electron chi connectivity index (χ1n) is 4.83. The quantitative estimate of drug-likeness (QED) is 0.616. The van der Waals surface area contributed by atoms with Crippen LogP contribution in [0, 0.1) is 5.92 Å². The van der Waals surface area contributed by atoms with Crippen molar-refractivity contribution in [1.29, 1.82) is 0 Å². The Labute approximate surface area is 89.6 Å². The highest BCUT2D eigenvalue weighted by Crippen LogP contribution is 2.20. The topological polar surface area (TPSA) is 106 Å². The summed E-state index contributed by atoms with van der Waals surface area (Å²) < 4.78 is 21.7. The van der Waals surface area contributed by atoms with Gasteiger partial charge in [-0.05, 0) is 6.92 Å². The minimum atomic E-state index is -3.50. The predicted octanol–water partition coefficient (Wildman–Crippen LogP) is -1.53. The lowest BCUT2D eigenvalue weighted by Crippen LogP contribution is -2.39. The van der Waals surface area contributed by atoms with Gasteiger partial charge < -0.3 is 10.6 Å². The fraction of sp³-hybridized carbons (Fsp3) is 0.875. The third kappa shape index (κ3) is 3.44. The number of carbonyl (C=O) groups excluding carboxylic acids is 1. The van der Waals surface area contributed by atoms with E-state index >= 15 is 0 Å². The summed E-state index contributed by atoms with van der Waals surface area (Å²) in [5.41, 5.74) is 5.45. The number of rotatable bonds is 4. The third-order valence-corrected chi connectivity index (χ3v) is 3.52. The summed E-state index contributed by atoms with van der Waals surface area (Å²) in [5.74, 6) is -0.366. The molecule has 0 spiro atoms. The van der Waals surface area contributed by atoms with Crippen molar-refractivity contribution in [3.8, 4) is 0 Å². The van der Waals surface area contributed by atoms with E-state index in [9.17, 15) is 13.2 Å². The minimum Gasteiger partial charge on any atom is -0.338 e. The Bertz CT molecular complexity index is 341. The predicted molar refractivity (Wildman–Crippen MR) is 56.3 cm³/mol. The van der Waals surface area contributed by atoms with Gasteiger partial charge in [-0.15, -0.1) is 0 Å². The summed E-state index contributed by atoms with van der Waals surface area (Å²) in [5, 5.41) is 4.93. The van der Waals surface area contributed by atoms with Gasteiger partial charge in [0.2, 0.25) is 15.9 Å². The van der Waals surface area contributed by atoms with Crippen LogP contribution in [0.25, 0.3) is 0 Å². The normalized spacial score (nSPS) is 24.6. The zero-order valence-corrected chi connectivity index (χ0v) is 9.53. The second-order valence-electron chi connectivity index (χ2n) is 4.03. The van der Waals surface area contributed by atoms with Crippen molar-refractivity contribution in [2.75, 3.05) is 18.8 Å². The number of sulfonamides is 1. The van der Waals surface area contributed by atoms with E-state index in [-0.39, 0.29) is 30.0 Å². The van der Waals surface area contributed by atoms with E-state index in [4.69, 9.17) is 10.9 Å². The molecule has 2 atom stereocenters. The lowest BCUT2D eigenvalue weighted by atomic mass is 10.1. The van der Waals surface area contributed by atoms with E-state index in [1.807, 2.05) is 6.92 Å². The molecule has 15 heavy (non-hydrogen) atoms. The molecule has 0 aromatic heterocycles. The molecule has 1 rings (SSSR count). The number of nitrogens with two attached hydrogens (primary N) is 2. The van der Waals surface area contributed by atoms with E-state index in [1.54, 1.807) is 4.90 Å². The number of hydrogen-bond acceptors (Lipinski definition) is 4. The lowest BCUT2D eigenvalue weighted by Gasteiger charge is -2.23. The maximum Gasteiger partial charge on any atom is 0.223 e. The van der Waals surface area contributed by atoms with Crippen molar-refractivity contribution in [2.45, 2.75) is 19.4 Å². The van der Waals surface area contributed by atoms with Gasteiger partial charge in [-0.25, -0.2) is 13.6 Å². The molecule has 0 aromatic carbocycles. The second kappa shape index (κ2) is 4.46. The van der Waals surface area contributed by atoms with Crippen LogP contribution < -0.4 is 10.9 Å². The molecule has 88 valence electrons. The van der Waals surface area contributed by atoms with Crippen LogP contribution in [0.1, 0.15) is 13.3 Å². The summed E-state index contributed by atoms with van der Waals surface area (Å²) in [7, 11) is -3.50. The maximum absolute atomic E-state index is 11.5. The molecular formula is C8H17N3O3S. The summed E-state index contributed by atoms with van der Waals surface area (Å²) in [6.45, 7) is 2.67. The lowest BCUT2D eigenvalue weighted by molar-refractivity contribution is -0.129. The Morgan fingerprint density at radius 2 is 2.20 bits per heavy atom. The van der Waals surface area contributed by atoms with Crippen LogP contribution in [0.2, 0.25) is 0 Å². The molecule has 4 N–H and O–H groups in total. The first-order valence-corrected chi connectivity index (χ1v) is 6.55. The number of carbonyl (C=O) groups is 1. The minimum absolute atomic E-state index is 0.0389. The Kier molecular flexibility index (Phi) is 3.69. The van der Waals surface area contributed by atoms with E-state index < -0.39 is 10.0 Å². The van der Waals surface area contributed by atoms with Crippen LogP contribution in [0.4, 0.5) is 0 Å². The number of hydrogen-bond donors (Lipinski definition) is 2. The van der Waals surface area contributed by atoms with Gasteiger partial charge in [0.25, 0.3) is 0 Å². The first kappa shape index (κ1) is 12.4. The Morgan fingerprint density at radius 3 is 2.67 bits per heavy atom. The highest BCUT2D eigenvalue weighted by atomic mass is 32.2. The van der Waals surface area contributed by atoms with E-state index in [2.05, 4.69) is 0 Å². The molecule has 1 heterocycles. The van der Waals surface area contributed by atoms with Gasteiger partial charge in [0.15, 0.2) is 0 Å². The molecule has 1 aliphatic heterocycles. The monoisotopic (exact) mass is 235 g/mol. The van der Waals surface area contributed by atoms with Crippen LogP contribution in [-0.2, 0) is 14.8 Å². The molecule has 0 aromatic rings. The first-order chi connectivity index (χ1) is 6.83. The molecule has 6 nitrogen and oxygen atoms in total. The fourth-order valence-corrected chi connectivity index (χ4v) is 2.68. The average molecular weight is 235 g/mol. The van der Waals surface area contributed by atoms with Gasteiger partial charge in [-0.3, -0.25) is 4.79 Å². The summed E-state index contributed by atoms with van der Waals surface area (Å²) >= 11 is 0. The highest BCUT2D eigenvalue weighted by molar-refractivity contribution is 7.89. The summed E-state index contributed by atoms with van der Waals surface area (Å²) in [6, 6.07) is -0.0389. The maximum atomic E-state index is 11.5. The largest absolute Gasteiger partial charge is 0.338 e. The van der Waals surface area contributed by atoms with Gasteiger partial charge in [0.05, 0.1) is 5.75 Å². The standard InChI is InChI=1S/C8H17N3O3S/c1-6(3-9)11-4-7(2-8(11)12)5-15(10,13)14/h6-7H,2-5,9H2,1H3,(H2,10,13,14). The second-order valence-corrected chi connectivity index (χ2v) is 5.69. The van der Waals surface area contributed by atoms with Crippen LogP contribution in [-0.4, -0.2) is 44.1 Å². The van der Waals surface area contributed by atoms with Crippen LogP contribution in [0.3, 0.4) is 0 Å². The number of likely N-dealkylation sites (tertiary alicyclic amines) is 1. The van der Waals surface area contributed by atoms with Gasteiger partial charge >= 0.3 is 0 Å². The van der Waals surface area contributed by atoms with Gasteiger partial charge in [-0.2, -0.15) is 0 Å². The van der Waals surface area contributed by atoms with Crippen molar-refractivity contribution >= 4 is 15.9 Å². The van der Waals surface area contributed by atoms with Crippen molar-refractivity contribution in [1.82, 2.24) is 4.90 Å². The van der Waals surface area contributed by atoms with Crippen LogP contribution in [0.5, 0.6) is 0 Å². The van der Waals surface area contributed by atoms with Gasteiger partial charge in [0, 0.05) is 31.5 Å². The number of amides is 1. The molecule has 0 radical (unpaired) electrons. The fourth-order valence-electron chi connectivity index (χ4n) is 1.80. The molecule has 1 fully saturated rings. The van der Waals surface area contributed by atoms with Crippen molar-refractivity contribution in [3.05, 3.63) is 0 Å². The Hall–Kier alpha value is -0.660. The molecule has 7 heteroatoms. The Balaban J connectivity index is 2.60. The molecule has 0 aliphatic carbocycles. The zero-order chi connectivity index (χ0) is 11.6. The molecule has 0 saturated carbocycles. The van der Waals surface area contributed by atoms with Gasteiger partial charge in [0.1, 0.15) is 0 Å². The molecule has 1 saturated heterocycles. The van der Waals surface area contributed by atoms with Crippen LogP contribution in [0.15, 0.2) is 0 Å². The third-order valence-electron chi connectivity index (χ3n) is 2.58. The van der Waals surface area contributed by atoms with E-state index in [0.29, 0.717) is 13.1 Å². The molecule has 1 amide bonds. The average Bonchev–Trinajstić information content (AvgIpc) is 2.42. The highest BCUT2D eigenvalue weighted by Gasteiger charge is 2.33. The Morgan fingerprint density at radius 1 is 1.60 bits per heavy atom. The van der Waals surface area contributed by atoms with Crippen molar-refractivity contribution in [3.63, 3.8) is 0 Å². The molecule has 2 unspecified atom stereocenters. The zero-order valence-electron chi connectivity index (χ0n) is 8.72. The van der Waals surface area contributed by atoms with Gasteiger partial charge in [-0.1, -0.05) is 0 Å². The molecule has 1 aliphatic rings. The molecule has 0 bridgehead atoms. The van der Waals surface area contributed by atoms with Crippen molar-refractivity contribution < 1.29 is 13.2 Å². The number of primary sulfonamides is 1. The molecular weight excluding hydrogens is 218 g/mol. The van der Waals surface area contributed by atoms with Crippen molar-refractivity contribution in [2.24, 2.45) is 16.8 Å². The SMILES string of the molecule is CC(CN)N1CC(CS(N)(=O)=O)CC1=O. The van der Waals surface area contributed by atoms with E-state index in [1.165, 1.54) is 0 Å². The number of nitrogens with zero attached hydrogens (tertiary/aromatic N) is 1. The van der Waals surface area contributed by atoms with E-state index in [0.717, 1.165) is 0 Å². The smallest absolute Gasteiger partial charge is 0.223 e. The van der Waals surface area contributed by atoms with Crippen LogP contribution >= 0.6 is 0 Å².